The lowest BCUT2D eigenvalue weighted by Crippen LogP contribution is -1.99. The van der Waals surface area contributed by atoms with E-state index in [1.165, 1.54) is 28.0 Å². The third-order valence-corrected chi connectivity index (χ3v) is 5.69. The standard InChI is InChI=1S/C17H4.C10H14O.C10H12O.CH4/c1-3-5-7-9-11-13-15-17-16-14-12-10-8-6-4-2;2*1-7-3-4-9-8(2)6-11-10(9)5-7;/h1-2H2;3,8H,4-6H2,1-2H3;3-5,8H,6H2,1-2H3;1H4. The molecule has 2 heteroatoms. The van der Waals surface area contributed by atoms with Gasteiger partial charge in [0.25, 0.3) is 0 Å². The highest BCUT2D eigenvalue weighted by atomic mass is 16.5. The lowest BCUT2D eigenvalue weighted by molar-refractivity contribution is 0.218. The predicted molar refractivity (Wildman–Crippen MR) is 161 cm³/mol. The van der Waals surface area contributed by atoms with Gasteiger partial charge in [-0.1, -0.05) is 56.5 Å². The van der Waals surface area contributed by atoms with Crippen molar-refractivity contribution < 1.29 is 9.47 Å². The zero-order valence-corrected chi connectivity index (χ0v) is 23.0. The molecule has 0 spiro atoms. The zero-order valence-electron chi connectivity index (χ0n) is 23.0. The Morgan fingerprint density at radius 2 is 1.20 bits per heavy atom. The van der Waals surface area contributed by atoms with Crippen molar-refractivity contribution in [3.8, 4) is 5.75 Å². The fourth-order valence-electron chi connectivity index (χ4n) is 3.69. The molecule has 0 N–H and O–H groups in total. The van der Waals surface area contributed by atoms with E-state index >= 15 is 0 Å². The number of fused-ring (bicyclic) bond motifs is 1. The molecule has 0 saturated carbocycles. The molecule has 198 valence electrons. The quantitative estimate of drug-likeness (QED) is 0.250. The molecule has 0 fully saturated rings. The van der Waals surface area contributed by atoms with E-state index in [1.54, 1.807) is 0 Å². The van der Waals surface area contributed by atoms with E-state index < -0.39 is 0 Å². The molecule has 2 atom stereocenters. The van der Waals surface area contributed by atoms with Crippen molar-refractivity contribution in [1.29, 1.82) is 0 Å². The predicted octanol–water partition coefficient (Wildman–Crippen LogP) is 8.90. The minimum atomic E-state index is 0. The highest BCUT2D eigenvalue weighted by molar-refractivity contribution is 5.42. The molecule has 3 aliphatic rings. The molecule has 1 aromatic carbocycles. The molecular weight excluding hydrogens is 488 g/mol. The first kappa shape index (κ1) is 32.8. The SMILES string of the molecule is C.C=C=C=C=C=C=C=C=C=C=C=C=C=C=C=C=C.CC1=CCC2=C(C1)OCC2C.Cc1ccc2c(c1)OCC2C. The number of rotatable bonds is 0. The largest absolute Gasteiger partial charge is 0.497 e. The van der Waals surface area contributed by atoms with Crippen LogP contribution < -0.4 is 4.74 Å². The Labute approximate surface area is 239 Å². The van der Waals surface area contributed by atoms with Gasteiger partial charge in [-0.3, -0.25) is 0 Å². The molecule has 1 aromatic rings. The van der Waals surface area contributed by atoms with Gasteiger partial charge in [-0.25, -0.2) is 0 Å². The van der Waals surface area contributed by atoms with Crippen LogP contribution in [-0.4, -0.2) is 13.2 Å². The minimum Gasteiger partial charge on any atom is -0.497 e. The van der Waals surface area contributed by atoms with Gasteiger partial charge in [-0.2, -0.15) is 0 Å². The normalized spacial score (nSPS) is 15.6. The first-order valence-corrected chi connectivity index (χ1v) is 12.5. The van der Waals surface area contributed by atoms with Crippen LogP contribution in [0.25, 0.3) is 0 Å². The van der Waals surface area contributed by atoms with E-state index in [-0.39, 0.29) is 7.43 Å². The molecule has 2 heterocycles. The number of benzene rings is 1. The molecule has 0 bridgehead atoms. The summed E-state index contributed by atoms with van der Waals surface area (Å²) in [4.78, 5) is 0. The molecule has 4 rings (SSSR count). The van der Waals surface area contributed by atoms with E-state index in [0.717, 1.165) is 31.8 Å². The number of allylic oxidation sites excluding steroid dienone is 2. The first-order chi connectivity index (χ1) is 19.0. The van der Waals surface area contributed by atoms with Gasteiger partial charge in [0, 0.05) is 23.8 Å². The fraction of sp³-hybridized carbons (Fsp3) is 0.289. The van der Waals surface area contributed by atoms with Crippen LogP contribution in [0.5, 0.6) is 5.75 Å². The number of ether oxygens (including phenoxy) is 2. The van der Waals surface area contributed by atoms with Gasteiger partial charge >= 0.3 is 0 Å². The van der Waals surface area contributed by atoms with Crippen molar-refractivity contribution in [2.75, 3.05) is 13.2 Å². The van der Waals surface area contributed by atoms with Crippen LogP contribution in [0.1, 0.15) is 58.1 Å². The molecule has 1 aliphatic carbocycles. The van der Waals surface area contributed by atoms with Crippen molar-refractivity contribution in [3.63, 3.8) is 0 Å². The van der Waals surface area contributed by atoms with Crippen molar-refractivity contribution in [1.82, 2.24) is 0 Å². The summed E-state index contributed by atoms with van der Waals surface area (Å²) in [6.07, 6.45) is 4.51. The van der Waals surface area contributed by atoms with Crippen LogP contribution in [0.15, 0.2) is 140 Å². The van der Waals surface area contributed by atoms with Crippen molar-refractivity contribution in [2.24, 2.45) is 5.92 Å². The average Bonchev–Trinajstić information content (AvgIpc) is 3.48. The average molecular weight is 523 g/mol. The number of hydrogen-bond donors (Lipinski definition) is 0. The van der Waals surface area contributed by atoms with Gasteiger partial charge in [-0.05, 0) is 125 Å². The summed E-state index contributed by atoms with van der Waals surface area (Å²) in [6.45, 7) is 17.0. The molecule has 0 amide bonds. The van der Waals surface area contributed by atoms with E-state index in [1.807, 2.05) is 0 Å². The monoisotopic (exact) mass is 522 g/mol. The maximum atomic E-state index is 5.58. The molecule has 2 unspecified atom stereocenters. The van der Waals surface area contributed by atoms with Crippen LogP contribution >= 0.6 is 0 Å². The van der Waals surface area contributed by atoms with Gasteiger partial charge in [-0.15, -0.1) is 0 Å². The summed E-state index contributed by atoms with van der Waals surface area (Å²) in [7, 11) is 0. The van der Waals surface area contributed by atoms with Crippen molar-refractivity contribution >= 4 is 0 Å². The second kappa shape index (κ2) is 18.9. The Bertz CT molecular complexity index is 1640. The molecule has 2 nitrogen and oxygen atoms in total. The Hall–Kier alpha value is -5.26. The smallest absolute Gasteiger partial charge is 0.123 e. The summed E-state index contributed by atoms with van der Waals surface area (Å²) in [5.74, 6) is 3.58. The summed E-state index contributed by atoms with van der Waals surface area (Å²) in [5, 5.41) is 0. The Morgan fingerprint density at radius 1 is 0.700 bits per heavy atom. The Kier molecular flexibility index (Phi) is 15.5. The third-order valence-electron chi connectivity index (χ3n) is 5.69. The van der Waals surface area contributed by atoms with Crippen LogP contribution in [0.3, 0.4) is 0 Å². The summed E-state index contributed by atoms with van der Waals surface area (Å²) in [6, 6.07) is 6.42. The topological polar surface area (TPSA) is 18.5 Å². The summed E-state index contributed by atoms with van der Waals surface area (Å²) < 4.78 is 11.1. The highest BCUT2D eigenvalue weighted by Gasteiger charge is 2.24. The van der Waals surface area contributed by atoms with Crippen LogP contribution in [0.4, 0.5) is 0 Å². The molecule has 0 aromatic heterocycles. The molecule has 0 radical (unpaired) electrons. The van der Waals surface area contributed by atoms with E-state index in [0.29, 0.717) is 11.8 Å². The van der Waals surface area contributed by atoms with Crippen LogP contribution in [0, 0.1) is 12.8 Å². The van der Waals surface area contributed by atoms with E-state index in [9.17, 15) is 0 Å². The summed E-state index contributed by atoms with van der Waals surface area (Å²) >= 11 is 0. The van der Waals surface area contributed by atoms with Gasteiger partial charge < -0.3 is 9.47 Å². The van der Waals surface area contributed by atoms with E-state index in [2.05, 4.69) is 151 Å². The zero-order chi connectivity index (χ0) is 28.3. The van der Waals surface area contributed by atoms with Crippen molar-refractivity contribution in [3.05, 3.63) is 151 Å². The Morgan fingerprint density at radius 3 is 1.73 bits per heavy atom. The fourth-order valence-corrected chi connectivity index (χ4v) is 3.69. The van der Waals surface area contributed by atoms with Gasteiger partial charge in [0.1, 0.15) is 5.75 Å². The molecule has 0 saturated heterocycles. The van der Waals surface area contributed by atoms with Gasteiger partial charge in [0.2, 0.25) is 0 Å². The van der Waals surface area contributed by atoms with Gasteiger partial charge in [0.05, 0.1) is 19.0 Å². The van der Waals surface area contributed by atoms with Gasteiger partial charge in [0.15, 0.2) is 0 Å². The second-order valence-electron chi connectivity index (χ2n) is 8.82. The Balaban J connectivity index is 0.000000305. The van der Waals surface area contributed by atoms with Crippen LogP contribution in [0.2, 0.25) is 0 Å². The third kappa shape index (κ3) is 11.9. The number of hydrogen-bond acceptors (Lipinski definition) is 2. The molecule has 40 heavy (non-hydrogen) atoms. The summed E-state index contributed by atoms with van der Waals surface area (Å²) in [5.41, 5.74) is 42.5. The van der Waals surface area contributed by atoms with E-state index in [4.69, 9.17) is 9.47 Å². The molecular formula is C38H34O2. The second-order valence-corrected chi connectivity index (χ2v) is 8.82. The maximum Gasteiger partial charge on any atom is 0.123 e. The van der Waals surface area contributed by atoms with Crippen molar-refractivity contribution in [2.45, 2.75) is 53.9 Å². The number of aryl methyl sites for hydroxylation is 1. The van der Waals surface area contributed by atoms with Crippen LogP contribution in [-0.2, 0) is 4.74 Å². The minimum absolute atomic E-state index is 0. The lowest BCUT2D eigenvalue weighted by atomic mass is 9.92. The lowest BCUT2D eigenvalue weighted by Gasteiger charge is -2.12. The maximum absolute atomic E-state index is 5.58. The molecule has 2 aliphatic heterocycles. The first-order valence-electron chi connectivity index (χ1n) is 12.5. The highest BCUT2D eigenvalue weighted by Crippen LogP contribution is 2.35.